The zero-order chi connectivity index (χ0) is 7.40. The number of allylic oxidation sites excluding steroid dienone is 1. The maximum atomic E-state index is 5.48. The van der Waals surface area contributed by atoms with Gasteiger partial charge in [-0.25, -0.2) is 0 Å². The molecule has 0 amide bonds. The van der Waals surface area contributed by atoms with Gasteiger partial charge in [0.05, 0.1) is 0 Å². The first kappa shape index (κ1) is 7.64. The largest absolute Gasteiger partial charge is 0.403 e. The molecule has 1 aliphatic carbocycles. The summed E-state index contributed by atoms with van der Waals surface area (Å²) in [5.41, 5.74) is 6.33. The third-order valence-electron chi connectivity index (χ3n) is 2.35. The Hall–Kier alpha value is -0.460. The Morgan fingerprint density at radius 1 is 1.40 bits per heavy atom. The fourth-order valence-electron chi connectivity index (χ4n) is 1.69. The Bertz CT molecular complexity index is 112. The first-order chi connectivity index (χ1) is 4.79. The van der Waals surface area contributed by atoms with E-state index in [1.54, 1.807) is 0 Å². The number of rotatable bonds is 3. The lowest BCUT2D eigenvalue weighted by atomic mass is 10.0. The van der Waals surface area contributed by atoms with E-state index in [1.807, 2.05) is 0 Å². The molecule has 0 bridgehead atoms. The summed E-state index contributed by atoms with van der Waals surface area (Å²) in [4.78, 5) is 0. The van der Waals surface area contributed by atoms with Crippen molar-refractivity contribution >= 4 is 0 Å². The van der Waals surface area contributed by atoms with Crippen LogP contribution in [0.3, 0.4) is 0 Å². The monoisotopic (exact) mass is 139 g/mol. The molecular formula is C9H17N. The zero-order valence-corrected chi connectivity index (χ0v) is 6.60. The molecule has 1 nitrogen and oxygen atoms in total. The van der Waals surface area contributed by atoms with Crippen LogP contribution in [-0.4, -0.2) is 0 Å². The van der Waals surface area contributed by atoms with Crippen molar-refractivity contribution in [2.75, 3.05) is 0 Å². The van der Waals surface area contributed by atoms with Gasteiger partial charge in [-0.15, -0.1) is 0 Å². The van der Waals surface area contributed by atoms with E-state index >= 15 is 0 Å². The zero-order valence-electron chi connectivity index (χ0n) is 6.60. The van der Waals surface area contributed by atoms with Crippen LogP contribution in [0.2, 0.25) is 0 Å². The average Bonchev–Trinajstić information content (AvgIpc) is 2.34. The smallest absolute Gasteiger partial charge is 0.000754 e. The van der Waals surface area contributed by atoms with Crippen molar-refractivity contribution in [3.63, 3.8) is 0 Å². The van der Waals surface area contributed by atoms with Crippen LogP contribution in [0.4, 0.5) is 0 Å². The predicted molar refractivity (Wildman–Crippen MR) is 44.5 cm³/mol. The molecule has 1 saturated carbocycles. The van der Waals surface area contributed by atoms with Crippen molar-refractivity contribution in [1.82, 2.24) is 0 Å². The highest BCUT2D eigenvalue weighted by Crippen LogP contribution is 2.28. The third kappa shape index (κ3) is 2.42. The van der Waals surface area contributed by atoms with Gasteiger partial charge in [0.1, 0.15) is 0 Å². The van der Waals surface area contributed by atoms with Crippen LogP contribution < -0.4 is 5.73 Å². The highest BCUT2D eigenvalue weighted by molar-refractivity contribution is 4.86. The highest BCUT2D eigenvalue weighted by Gasteiger charge is 2.13. The van der Waals surface area contributed by atoms with Crippen LogP contribution in [0, 0.1) is 5.92 Å². The van der Waals surface area contributed by atoms with Crippen LogP contribution >= 0.6 is 0 Å². The first-order valence-corrected chi connectivity index (χ1v) is 4.22. The molecule has 1 aliphatic rings. The summed E-state index contributed by atoms with van der Waals surface area (Å²) in [7, 11) is 0. The van der Waals surface area contributed by atoms with Gasteiger partial charge in [0.2, 0.25) is 0 Å². The first-order valence-electron chi connectivity index (χ1n) is 4.22. The minimum atomic E-state index is 0.854. The normalized spacial score (nSPS) is 19.6. The molecule has 1 fully saturated rings. The number of hydrogen-bond acceptors (Lipinski definition) is 1. The van der Waals surface area contributed by atoms with Crippen LogP contribution in [0.15, 0.2) is 12.3 Å². The molecule has 0 aromatic heterocycles. The number of nitrogens with two attached hydrogens (primary N) is 1. The minimum absolute atomic E-state index is 0.854. The topological polar surface area (TPSA) is 26.0 Å². The molecule has 0 heterocycles. The van der Waals surface area contributed by atoms with Crippen LogP contribution in [0.25, 0.3) is 0 Å². The lowest BCUT2D eigenvalue weighted by Gasteiger charge is -2.06. The van der Waals surface area contributed by atoms with E-state index in [4.69, 9.17) is 5.73 Å². The summed E-state index contributed by atoms with van der Waals surface area (Å²) in [6.45, 7) is 3.69. The Morgan fingerprint density at radius 2 is 2.00 bits per heavy atom. The summed E-state index contributed by atoms with van der Waals surface area (Å²) >= 11 is 0. The molecule has 1 heteroatoms. The minimum Gasteiger partial charge on any atom is -0.403 e. The molecule has 0 saturated heterocycles. The second kappa shape index (κ2) is 3.65. The van der Waals surface area contributed by atoms with Crippen molar-refractivity contribution in [1.29, 1.82) is 0 Å². The van der Waals surface area contributed by atoms with E-state index in [1.165, 1.54) is 32.1 Å². The van der Waals surface area contributed by atoms with E-state index < -0.39 is 0 Å². The standard InChI is InChI=1S/C9H17N/c1-8(10)6-7-9-4-2-3-5-9/h9H,1-7,10H2. The van der Waals surface area contributed by atoms with E-state index in [0.717, 1.165) is 18.0 Å². The van der Waals surface area contributed by atoms with Gasteiger partial charge in [0.15, 0.2) is 0 Å². The van der Waals surface area contributed by atoms with E-state index in [9.17, 15) is 0 Å². The molecule has 0 radical (unpaired) electrons. The molecule has 0 aliphatic heterocycles. The van der Waals surface area contributed by atoms with E-state index in [-0.39, 0.29) is 0 Å². The molecule has 58 valence electrons. The van der Waals surface area contributed by atoms with Gasteiger partial charge < -0.3 is 5.73 Å². The lowest BCUT2D eigenvalue weighted by molar-refractivity contribution is 0.502. The van der Waals surface area contributed by atoms with E-state index in [2.05, 4.69) is 6.58 Å². The maximum absolute atomic E-state index is 5.48. The van der Waals surface area contributed by atoms with Gasteiger partial charge in [0, 0.05) is 5.70 Å². The van der Waals surface area contributed by atoms with E-state index in [0.29, 0.717) is 0 Å². The summed E-state index contributed by atoms with van der Waals surface area (Å²) in [6.07, 6.45) is 8.02. The molecule has 0 aromatic rings. The quantitative estimate of drug-likeness (QED) is 0.638. The Kier molecular flexibility index (Phi) is 2.79. The SMILES string of the molecule is C=C(N)CCC1CCCC1. The molecular weight excluding hydrogens is 122 g/mol. The van der Waals surface area contributed by atoms with Gasteiger partial charge >= 0.3 is 0 Å². The fraction of sp³-hybridized carbons (Fsp3) is 0.778. The molecule has 0 aromatic carbocycles. The van der Waals surface area contributed by atoms with Crippen molar-refractivity contribution in [2.24, 2.45) is 11.7 Å². The summed E-state index contributed by atoms with van der Waals surface area (Å²) in [5, 5.41) is 0. The Morgan fingerprint density at radius 3 is 2.50 bits per heavy atom. The fourth-order valence-corrected chi connectivity index (χ4v) is 1.69. The lowest BCUT2D eigenvalue weighted by Crippen LogP contribution is -1.99. The number of hydrogen-bond donors (Lipinski definition) is 1. The molecule has 1 rings (SSSR count). The molecule has 10 heavy (non-hydrogen) atoms. The van der Waals surface area contributed by atoms with Crippen molar-refractivity contribution in [3.8, 4) is 0 Å². The second-order valence-electron chi connectivity index (χ2n) is 3.35. The molecule has 0 spiro atoms. The second-order valence-corrected chi connectivity index (χ2v) is 3.35. The average molecular weight is 139 g/mol. The van der Waals surface area contributed by atoms with Crippen LogP contribution in [-0.2, 0) is 0 Å². The Labute approximate surface area is 63.3 Å². The maximum Gasteiger partial charge on any atom is 0.000754 e. The van der Waals surface area contributed by atoms with Gasteiger partial charge in [-0.3, -0.25) is 0 Å². The summed E-state index contributed by atoms with van der Waals surface area (Å²) in [6, 6.07) is 0. The van der Waals surface area contributed by atoms with Gasteiger partial charge in [0.25, 0.3) is 0 Å². The van der Waals surface area contributed by atoms with Crippen molar-refractivity contribution in [3.05, 3.63) is 12.3 Å². The van der Waals surface area contributed by atoms with Crippen LogP contribution in [0.5, 0.6) is 0 Å². The van der Waals surface area contributed by atoms with Crippen molar-refractivity contribution < 1.29 is 0 Å². The van der Waals surface area contributed by atoms with Crippen molar-refractivity contribution in [2.45, 2.75) is 38.5 Å². The predicted octanol–water partition coefficient (Wildman–Crippen LogP) is 2.43. The van der Waals surface area contributed by atoms with Gasteiger partial charge in [-0.1, -0.05) is 32.3 Å². The highest BCUT2D eigenvalue weighted by atomic mass is 14.6. The summed E-state index contributed by atoms with van der Waals surface area (Å²) < 4.78 is 0. The molecule has 0 atom stereocenters. The van der Waals surface area contributed by atoms with Crippen LogP contribution in [0.1, 0.15) is 38.5 Å². The molecule has 0 unspecified atom stereocenters. The summed E-state index contributed by atoms with van der Waals surface area (Å²) in [5.74, 6) is 0.959. The third-order valence-corrected chi connectivity index (χ3v) is 2.35. The van der Waals surface area contributed by atoms with Gasteiger partial charge in [-0.2, -0.15) is 0 Å². The van der Waals surface area contributed by atoms with Gasteiger partial charge in [-0.05, 0) is 18.8 Å². The molecule has 2 N–H and O–H groups in total. The Balaban J connectivity index is 2.07.